The number of benzene rings is 2. The summed E-state index contributed by atoms with van der Waals surface area (Å²) in [7, 11) is 0. The molecular weight excluding hydrogens is 232 g/mol. The summed E-state index contributed by atoms with van der Waals surface area (Å²) < 4.78 is 5.24. The molecule has 0 aliphatic heterocycles. The summed E-state index contributed by atoms with van der Waals surface area (Å²) in [5, 5.41) is 29.2. The number of phenolic OH excluding ortho intramolecular Hbond substituents is 3. The van der Waals surface area contributed by atoms with Crippen LogP contribution in [0.1, 0.15) is 0 Å². The summed E-state index contributed by atoms with van der Waals surface area (Å²) in [4.78, 5) is 0. The summed E-state index contributed by atoms with van der Waals surface area (Å²) in [6.07, 6.45) is 1.60. The normalized spacial score (nSPS) is 10.9. The molecule has 4 nitrogen and oxygen atoms in total. The number of rotatable bonds is 1. The maximum atomic E-state index is 9.49. The first-order chi connectivity index (χ1) is 8.65. The van der Waals surface area contributed by atoms with Gasteiger partial charge in [-0.05, 0) is 41.5 Å². The summed E-state index contributed by atoms with van der Waals surface area (Å²) in [6.45, 7) is 0. The van der Waals surface area contributed by atoms with Gasteiger partial charge in [0.05, 0.1) is 6.26 Å². The molecule has 0 saturated heterocycles. The molecular formula is C14H10O4. The van der Waals surface area contributed by atoms with Crippen molar-refractivity contribution in [1.82, 2.24) is 0 Å². The monoisotopic (exact) mass is 242 g/mol. The molecule has 0 atom stereocenters. The Morgan fingerprint density at radius 1 is 0.778 bits per heavy atom. The molecule has 90 valence electrons. The highest BCUT2D eigenvalue weighted by Gasteiger charge is 2.10. The van der Waals surface area contributed by atoms with Gasteiger partial charge in [0.1, 0.15) is 5.58 Å². The molecule has 0 radical (unpaired) electrons. The van der Waals surface area contributed by atoms with Crippen molar-refractivity contribution in [2.75, 3.05) is 0 Å². The van der Waals surface area contributed by atoms with Crippen molar-refractivity contribution < 1.29 is 19.7 Å². The zero-order chi connectivity index (χ0) is 12.7. The standard InChI is InChI=1S/C14H10O4/c15-11-6-10(7-12(16)14(11)17)8-1-2-13-9(5-8)3-4-18-13/h1-7,15-17H. The third-order valence-electron chi connectivity index (χ3n) is 2.86. The Bertz CT molecular complexity index is 704. The average molecular weight is 242 g/mol. The lowest BCUT2D eigenvalue weighted by atomic mass is 10.0. The van der Waals surface area contributed by atoms with Gasteiger partial charge in [0.25, 0.3) is 0 Å². The second-order valence-electron chi connectivity index (χ2n) is 4.04. The third-order valence-corrected chi connectivity index (χ3v) is 2.86. The fourth-order valence-corrected chi connectivity index (χ4v) is 1.92. The van der Waals surface area contributed by atoms with Crippen LogP contribution in [-0.4, -0.2) is 15.3 Å². The zero-order valence-corrected chi connectivity index (χ0v) is 9.29. The Morgan fingerprint density at radius 2 is 1.50 bits per heavy atom. The molecule has 0 amide bonds. The van der Waals surface area contributed by atoms with Gasteiger partial charge in [-0.3, -0.25) is 0 Å². The lowest BCUT2D eigenvalue weighted by Crippen LogP contribution is -1.79. The van der Waals surface area contributed by atoms with Crippen molar-refractivity contribution in [3.8, 4) is 28.4 Å². The number of hydrogen-bond donors (Lipinski definition) is 3. The average Bonchev–Trinajstić information content (AvgIpc) is 2.82. The maximum absolute atomic E-state index is 9.49. The van der Waals surface area contributed by atoms with Gasteiger partial charge < -0.3 is 19.7 Å². The molecule has 0 unspecified atom stereocenters. The van der Waals surface area contributed by atoms with E-state index >= 15 is 0 Å². The van der Waals surface area contributed by atoms with Gasteiger partial charge in [-0.15, -0.1) is 0 Å². The first-order valence-corrected chi connectivity index (χ1v) is 5.38. The number of aromatic hydroxyl groups is 3. The minimum Gasteiger partial charge on any atom is -0.504 e. The molecule has 4 heteroatoms. The summed E-state index contributed by atoms with van der Waals surface area (Å²) in [5.41, 5.74) is 2.20. The van der Waals surface area contributed by atoms with Crippen molar-refractivity contribution in [2.45, 2.75) is 0 Å². The SMILES string of the molecule is Oc1cc(-c2ccc3occc3c2)cc(O)c1O. The van der Waals surface area contributed by atoms with E-state index in [1.54, 1.807) is 6.26 Å². The van der Waals surface area contributed by atoms with Crippen LogP contribution in [-0.2, 0) is 0 Å². The smallest absolute Gasteiger partial charge is 0.200 e. The Labute approximate surface area is 102 Å². The Morgan fingerprint density at radius 3 is 2.22 bits per heavy atom. The number of phenols is 3. The van der Waals surface area contributed by atoms with Crippen LogP contribution >= 0.6 is 0 Å². The second-order valence-corrected chi connectivity index (χ2v) is 4.04. The summed E-state index contributed by atoms with van der Waals surface area (Å²) >= 11 is 0. The van der Waals surface area contributed by atoms with E-state index in [0.29, 0.717) is 5.56 Å². The van der Waals surface area contributed by atoms with Crippen LogP contribution in [0.4, 0.5) is 0 Å². The van der Waals surface area contributed by atoms with E-state index in [2.05, 4.69) is 0 Å². The van der Waals surface area contributed by atoms with Crippen LogP contribution in [0.5, 0.6) is 17.2 Å². The maximum Gasteiger partial charge on any atom is 0.200 e. The minimum atomic E-state index is -0.511. The lowest BCUT2D eigenvalue weighted by Gasteiger charge is -2.06. The van der Waals surface area contributed by atoms with Gasteiger partial charge in [0.15, 0.2) is 17.2 Å². The molecule has 3 N–H and O–H groups in total. The van der Waals surface area contributed by atoms with E-state index in [0.717, 1.165) is 16.5 Å². The van der Waals surface area contributed by atoms with Crippen molar-refractivity contribution in [3.63, 3.8) is 0 Å². The predicted octanol–water partition coefficient (Wildman–Crippen LogP) is 3.22. The minimum absolute atomic E-state index is 0.350. The summed E-state index contributed by atoms with van der Waals surface area (Å²) in [6, 6.07) is 10.1. The Kier molecular flexibility index (Phi) is 2.16. The van der Waals surface area contributed by atoms with E-state index < -0.39 is 5.75 Å². The van der Waals surface area contributed by atoms with Crippen molar-refractivity contribution in [3.05, 3.63) is 42.7 Å². The Balaban J connectivity index is 2.19. The van der Waals surface area contributed by atoms with Gasteiger partial charge in [0, 0.05) is 5.39 Å². The van der Waals surface area contributed by atoms with Gasteiger partial charge >= 0.3 is 0 Å². The van der Waals surface area contributed by atoms with E-state index in [1.807, 2.05) is 24.3 Å². The highest BCUT2D eigenvalue weighted by atomic mass is 16.3. The van der Waals surface area contributed by atoms with Crippen LogP contribution in [0, 0.1) is 0 Å². The predicted molar refractivity (Wildman–Crippen MR) is 66.6 cm³/mol. The van der Waals surface area contributed by atoms with E-state index in [4.69, 9.17) is 4.42 Å². The van der Waals surface area contributed by atoms with Crippen LogP contribution in [0.2, 0.25) is 0 Å². The topological polar surface area (TPSA) is 73.8 Å². The molecule has 1 heterocycles. The van der Waals surface area contributed by atoms with Crippen LogP contribution < -0.4 is 0 Å². The van der Waals surface area contributed by atoms with Crippen molar-refractivity contribution in [2.24, 2.45) is 0 Å². The summed E-state index contributed by atoms with van der Waals surface area (Å²) in [5.74, 6) is -1.21. The first kappa shape index (κ1) is 10.5. The fourth-order valence-electron chi connectivity index (χ4n) is 1.92. The molecule has 2 aromatic carbocycles. The molecule has 0 spiro atoms. The third kappa shape index (κ3) is 1.55. The molecule has 0 bridgehead atoms. The quantitative estimate of drug-likeness (QED) is 0.573. The molecule has 1 aromatic heterocycles. The van der Waals surface area contributed by atoms with Crippen LogP contribution in [0.3, 0.4) is 0 Å². The lowest BCUT2D eigenvalue weighted by molar-refractivity contribution is 0.368. The molecule has 0 fully saturated rings. The molecule has 3 rings (SSSR count). The van der Waals surface area contributed by atoms with Gasteiger partial charge in [-0.1, -0.05) is 6.07 Å². The van der Waals surface area contributed by atoms with E-state index in [-0.39, 0.29) is 11.5 Å². The largest absolute Gasteiger partial charge is 0.504 e. The first-order valence-electron chi connectivity index (χ1n) is 5.38. The van der Waals surface area contributed by atoms with Gasteiger partial charge in [-0.2, -0.15) is 0 Å². The highest BCUT2D eigenvalue weighted by molar-refractivity contribution is 5.84. The van der Waals surface area contributed by atoms with Crippen molar-refractivity contribution in [1.29, 1.82) is 0 Å². The molecule has 0 aliphatic carbocycles. The number of furan rings is 1. The van der Waals surface area contributed by atoms with Crippen molar-refractivity contribution >= 4 is 11.0 Å². The van der Waals surface area contributed by atoms with Gasteiger partial charge in [-0.25, -0.2) is 0 Å². The van der Waals surface area contributed by atoms with Crippen LogP contribution in [0.25, 0.3) is 22.1 Å². The molecule has 3 aromatic rings. The van der Waals surface area contributed by atoms with E-state index in [9.17, 15) is 15.3 Å². The number of fused-ring (bicyclic) bond motifs is 1. The van der Waals surface area contributed by atoms with Crippen LogP contribution in [0.15, 0.2) is 47.1 Å². The van der Waals surface area contributed by atoms with Gasteiger partial charge in [0.2, 0.25) is 0 Å². The highest BCUT2D eigenvalue weighted by Crippen LogP contribution is 2.39. The molecule has 0 saturated carbocycles. The Hall–Kier alpha value is -2.62. The second kappa shape index (κ2) is 3.70. The zero-order valence-electron chi connectivity index (χ0n) is 9.29. The fraction of sp³-hybridized carbons (Fsp3) is 0. The molecule has 0 aliphatic rings. The van der Waals surface area contributed by atoms with E-state index in [1.165, 1.54) is 12.1 Å². The number of hydrogen-bond acceptors (Lipinski definition) is 4. The molecule has 18 heavy (non-hydrogen) atoms.